The fraction of sp³-hybridized carbons (Fsp3) is 0.455. The Morgan fingerprint density at radius 1 is 1.07 bits per heavy atom. The maximum Gasteiger partial charge on any atom is 0.472 e. The number of nitrogens with zero attached hydrogens (tertiary/aromatic N) is 7. The van der Waals surface area contributed by atoms with Crippen LogP contribution in [0.4, 0.5) is 5.82 Å². The molecule has 2 saturated heterocycles. The lowest BCUT2D eigenvalue weighted by molar-refractivity contribution is -0.0559. The molecule has 6 rings (SSSR count). The molecule has 45 heavy (non-hydrogen) atoms. The van der Waals surface area contributed by atoms with Crippen molar-refractivity contribution in [3.05, 3.63) is 36.4 Å². The highest BCUT2D eigenvalue weighted by molar-refractivity contribution is 8.44. The topological polar surface area (TPSA) is 284 Å². The maximum absolute atomic E-state index is 13.0. The number of thiol groups is 1. The lowest BCUT2D eigenvalue weighted by atomic mass is 10.1. The number of benzene rings is 1. The molecule has 2 unspecified atom stereocenters. The molecular weight excluding hydrogens is 660 g/mol. The predicted molar refractivity (Wildman–Crippen MR) is 154 cm³/mol. The van der Waals surface area contributed by atoms with Gasteiger partial charge in [-0.25, -0.2) is 28.8 Å². The summed E-state index contributed by atoms with van der Waals surface area (Å²) in [6.07, 6.45) is -3.66. The van der Waals surface area contributed by atoms with Gasteiger partial charge in [-0.1, -0.05) is 23.5 Å². The average Bonchev–Trinajstić information content (AvgIpc) is 3.75. The summed E-state index contributed by atoms with van der Waals surface area (Å²) < 4.78 is 54.8. The third-order valence-electron chi connectivity index (χ3n) is 7.20. The zero-order chi connectivity index (χ0) is 32.1. The summed E-state index contributed by atoms with van der Waals surface area (Å²) >= 11 is 3.49. The monoisotopic (exact) mass is 687 g/mol. The lowest BCUT2D eigenvalue weighted by Crippen LogP contribution is -2.29. The quantitative estimate of drug-likeness (QED) is 0.0921. The van der Waals surface area contributed by atoms with E-state index in [9.17, 15) is 28.8 Å². The number of rotatable bonds is 11. The number of aromatic nitrogens is 7. The SMILES string of the molecule is NC(=O)c1cccc2c1nnn2[C@H]1C[C@H](O)[C@@H](COP(=O)(O)O[C@H]2C[C@H](n3cnc4c(N)ncnc43)O[C@@H]2COP(=O)(O)S)O1. The van der Waals surface area contributed by atoms with Crippen molar-refractivity contribution in [2.45, 2.75) is 49.7 Å². The molecule has 2 aliphatic heterocycles. The third-order valence-corrected chi connectivity index (χ3v) is 9.04. The summed E-state index contributed by atoms with van der Waals surface area (Å²) in [5.41, 5.74) is 12.7. The first-order chi connectivity index (χ1) is 21.3. The van der Waals surface area contributed by atoms with E-state index in [1.165, 1.54) is 28.0 Å². The second-order valence-electron chi connectivity index (χ2n) is 10.1. The van der Waals surface area contributed by atoms with Gasteiger partial charge in [-0.15, -0.1) is 5.10 Å². The number of amides is 1. The number of phosphoric ester groups is 1. The van der Waals surface area contributed by atoms with Crippen LogP contribution in [0.25, 0.3) is 22.2 Å². The number of aliphatic hydroxyl groups is 1. The van der Waals surface area contributed by atoms with E-state index in [0.717, 1.165) is 0 Å². The zero-order valence-electron chi connectivity index (χ0n) is 22.9. The molecule has 242 valence electrons. The highest BCUT2D eigenvalue weighted by Gasteiger charge is 2.44. The van der Waals surface area contributed by atoms with Crippen molar-refractivity contribution >= 4 is 60.8 Å². The van der Waals surface area contributed by atoms with Gasteiger partial charge in [0.1, 0.15) is 41.9 Å². The molecule has 0 radical (unpaired) electrons. The van der Waals surface area contributed by atoms with E-state index in [1.807, 2.05) is 0 Å². The molecule has 1 amide bonds. The number of aliphatic hydroxyl groups excluding tert-OH is 1. The van der Waals surface area contributed by atoms with E-state index in [1.54, 1.807) is 12.1 Å². The van der Waals surface area contributed by atoms with Gasteiger partial charge in [0.2, 0.25) is 0 Å². The molecule has 2 aliphatic rings. The molecule has 3 aromatic heterocycles. The molecule has 7 N–H and O–H groups in total. The Labute approximate surface area is 257 Å². The van der Waals surface area contributed by atoms with E-state index in [0.29, 0.717) is 16.7 Å². The van der Waals surface area contributed by atoms with E-state index in [-0.39, 0.29) is 29.7 Å². The standard InChI is InChI=1S/C22H27N9O11P2S/c23-20-19-22(26-8-25-20)30(9-27-19)16-5-13(15(41-16)7-39-44(36,37)45)42-43(34,35)38-6-14-12(32)4-17(40-14)31-11-3-1-2-10(21(24)33)18(11)28-29-31/h1-3,8-9,12-17,32H,4-7H2,(H2,24,33)(H,34,35)(H2,23,25,26)(H2,36,37,45)/t12-,13-,14+,15+,16+,17+/m0/s1. The van der Waals surface area contributed by atoms with Crippen LogP contribution < -0.4 is 11.5 Å². The summed E-state index contributed by atoms with van der Waals surface area (Å²) in [5, 5.41) is 18.6. The second kappa shape index (κ2) is 12.3. The minimum Gasteiger partial charge on any atom is -0.390 e. The minimum absolute atomic E-state index is 0.0271. The van der Waals surface area contributed by atoms with Gasteiger partial charge < -0.3 is 35.8 Å². The van der Waals surface area contributed by atoms with E-state index < -0.39 is 70.6 Å². The number of carbonyl (C=O) groups excluding carboxylic acids is 1. The second-order valence-corrected chi connectivity index (χ2v) is 14.3. The molecule has 2 fully saturated rings. The molecule has 5 heterocycles. The number of fused-ring (bicyclic) bond motifs is 2. The van der Waals surface area contributed by atoms with Crippen LogP contribution in [0.1, 0.15) is 35.7 Å². The Kier molecular flexibility index (Phi) is 8.70. The molecular formula is C22H27N9O11P2S. The number of phosphoric acid groups is 1. The summed E-state index contributed by atoms with van der Waals surface area (Å²) in [6, 6.07) is 4.74. The number of nitrogens with two attached hydrogens (primary N) is 2. The number of hydrogen-bond donors (Lipinski definition) is 6. The van der Waals surface area contributed by atoms with Crippen molar-refractivity contribution in [3.63, 3.8) is 0 Å². The Morgan fingerprint density at radius 3 is 2.58 bits per heavy atom. The Morgan fingerprint density at radius 2 is 1.82 bits per heavy atom. The van der Waals surface area contributed by atoms with Crippen molar-refractivity contribution in [3.8, 4) is 0 Å². The number of primary amides is 1. The zero-order valence-corrected chi connectivity index (χ0v) is 25.6. The number of anilines is 1. The first-order valence-corrected chi connectivity index (χ1v) is 17.4. The van der Waals surface area contributed by atoms with E-state index in [2.05, 4.69) is 37.5 Å². The van der Waals surface area contributed by atoms with Gasteiger partial charge in [-0.3, -0.25) is 22.9 Å². The molecule has 8 atom stereocenters. The van der Waals surface area contributed by atoms with E-state index in [4.69, 9.17) is 34.5 Å². The van der Waals surface area contributed by atoms with Crippen molar-refractivity contribution in [1.82, 2.24) is 34.5 Å². The van der Waals surface area contributed by atoms with Gasteiger partial charge in [-0.05, 0) is 12.1 Å². The summed E-state index contributed by atoms with van der Waals surface area (Å²) in [7, 11) is -4.85. The summed E-state index contributed by atoms with van der Waals surface area (Å²) in [4.78, 5) is 44.0. The van der Waals surface area contributed by atoms with Gasteiger partial charge in [0, 0.05) is 12.8 Å². The van der Waals surface area contributed by atoms with Crippen molar-refractivity contribution in [2.75, 3.05) is 18.9 Å². The molecule has 0 aliphatic carbocycles. The molecule has 0 spiro atoms. The Balaban J connectivity index is 1.13. The smallest absolute Gasteiger partial charge is 0.390 e. The highest BCUT2D eigenvalue weighted by atomic mass is 32.7. The number of hydrogen-bond acceptors (Lipinski definition) is 15. The first kappa shape index (κ1) is 31.9. The highest BCUT2D eigenvalue weighted by Crippen LogP contribution is 2.51. The summed E-state index contributed by atoms with van der Waals surface area (Å²) in [6.45, 7) is -5.34. The summed E-state index contributed by atoms with van der Waals surface area (Å²) in [5.74, 6) is -0.564. The van der Waals surface area contributed by atoms with Crippen LogP contribution in [0.3, 0.4) is 0 Å². The largest absolute Gasteiger partial charge is 0.472 e. The predicted octanol–water partition coefficient (Wildman–Crippen LogP) is 0.437. The van der Waals surface area contributed by atoms with Gasteiger partial charge in [0.25, 0.3) is 5.91 Å². The lowest BCUT2D eigenvalue weighted by Gasteiger charge is -2.22. The van der Waals surface area contributed by atoms with Gasteiger partial charge in [0.15, 0.2) is 17.7 Å². The molecule has 20 nitrogen and oxygen atoms in total. The van der Waals surface area contributed by atoms with Gasteiger partial charge in [-0.2, -0.15) is 0 Å². The average molecular weight is 688 g/mol. The molecule has 0 bridgehead atoms. The van der Waals surface area contributed by atoms with Crippen LogP contribution in [0, 0.1) is 0 Å². The van der Waals surface area contributed by atoms with Crippen LogP contribution in [-0.4, -0.2) is 92.9 Å². The van der Waals surface area contributed by atoms with Gasteiger partial charge in [0.05, 0.1) is 36.7 Å². The number of imidazole rings is 1. The van der Waals surface area contributed by atoms with Crippen molar-refractivity contribution in [2.24, 2.45) is 5.73 Å². The van der Waals surface area contributed by atoms with Crippen LogP contribution in [0.15, 0.2) is 30.9 Å². The minimum atomic E-state index is -4.85. The molecule has 4 aromatic rings. The Bertz CT molecular complexity index is 1840. The van der Waals surface area contributed by atoms with Crippen LogP contribution >= 0.6 is 26.9 Å². The van der Waals surface area contributed by atoms with Crippen LogP contribution in [-0.2, 0) is 32.2 Å². The number of carbonyl (C=O) groups is 1. The van der Waals surface area contributed by atoms with Gasteiger partial charge >= 0.3 is 14.6 Å². The van der Waals surface area contributed by atoms with Crippen molar-refractivity contribution < 1.29 is 51.9 Å². The fourth-order valence-corrected chi connectivity index (χ4v) is 6.64. The van der Waals surface area contributed by atoms with Crippen LogP contribution in [0.5, 0.6) is 0 Å². The van der Waals surface area contributed by atoms with Crippen molar-refractivity contribution in [1.29, 1.82) is 0 Å². The van der Waals surface area contributed by atoms with Crippen LogP contribution in [0.2, 0.25) is 0 Å². The Hall–Kier alpha value is -3.07. The maximum atomic E-state index is 13.0. The molecule has 23 heteroatoms. The first-order valence-electron chi connectivity index (χ1n) is 13.2. The third kappa shape index (κ3) is 6.74. The number of nitrogen functional groups attached to an aromatic ring is 1. The normalized spacial score (nSPS) is 28.0. The van der Waals surface area contributed by atoms with E-state index >= 15 is 0 Å². The molecule has 0 saturated carbocycles. The fourth-order valence-electron chi connectivity index (χ4n) is 5.14. The number of ether oxygens (including phenoxy) is 2. The molecule has 1 aromatic carbocycles.